The van der Waals surface area contributed by atoms with Crippen molar-refractivity contribution in [2.24, 2.45) is 5.41 Å². The fourth-order valence-corrected chi connectivity index (χ4v) is 2.85. The number of halogens is 1. The van der Waals surface area contributed by atoms with Crippen molar-refractivity contribution in [3.63, 3.8) is 0 Å². The van der Waals surface area contributed by atoms with Gasteiger partial charge in [-0.1, -0.05) is 32.4 Å². The molecule has 0 saturated carbocycles. The van der Waals surface area contributed by atoms with E-state index in [2.05, 4.69) is 15.3 Å². The molecule has 1 aromatic heterocycles. The monoisotopic (exact) mass is 345 g/mol. The van der Waals surface area contributed by atoms with Crippen LogP contribution in [-0.4, -0.2) is 28.5 Å². The van der Waals surface area contributed by atoms with Crippen LogP contribution in [-0.2, 0) is 11.2 Å². The summed E-state index contributed by atoms with van der Waals surface area (Å²) in [5.41, 5.74) is 2.29. The maximum absolute atomic E-state index is 12.0. The van der Waals surface area contributed by atoms with E-state index in [9.17, 15) is 4.79 Å². The number of nitrogens with one attached hydrogen (secondary N) is 1. The molecule has 1 N–H and O–H groups in total. The Morgan fingerprint density at radius 2 is 2.17 bits per heavy atom. The van der Waals surface area contributed by atoms with Crippen LogP contribution in [0.15, 0.2) is 30.7 Å². The Morgan fingerprint density at radius 3 is 2.83 bits per heavy atom. The molecule has 0 saturated heterocycles. The molecule has 24 heavy (non-hydrogen) atoms. The van der Waals surface area contributed by atoms with Crippen molar-refractivity contribution in [2.75, 3.05) is 6.54 Å². The molecule has 0 radical (unpaired) electrons. The zero-order valence-corrected chi connectivity index (χ0v) is 14.7. The molecule has 2 aromatic rings. The predicted molar refractivity (Wildman–Crippen MR) is 93.1 cm³/mol. The summed E-state index contributed by atoms with van der Waals surface area (Å²) in [6.45, 7) is 6.12. The highest BCUT2D eigenvalue weighted by atomic mass is 35.5. The topological polar surface area (TPSA) is 64.1 Å². The molecule has 0 aliphatic carbocycles. The van der Waals surface area contributed by atoms with Crippen molar-refractivity contribution in [3.8, 4) is 17.0 Å². The summed E-state index contributed by atoms with van der Waals surface area (Å²) in [7, 11) is 0. The highest BCUT2D eigenvalue weighted by Crippen LogP contribution is 2.39. The molecular formula is C18H20ClN3O2. The summed E-state index contributed by atoms with van der Waals surface area (Å²) in [5, 5.41) is 3.49. The zero-order valence-electron chi connectivity index (χ0n) is 14.0. The lowest BCUT2D eigenvalue weighted by Gasteiger charge is -2.19. The lowest BCUT2D eigenvalue weighted by atomic mass is 9.95. The van der Waals surface area contributed by atoms with E-state index in [4.69, 9.17) is 16.3 Å². The third kappa shape index (κ3) is 3.51. The molecule has 5 nitrogen and oxygen atoms in total. The number of hydrogen-bond acceptors (Lipinski definition) is 4. The first-order chi connectivity index (χ1) is 11.3. The van der Waals surface area contributed by atoms with Crippen molar-refractivity contribution < 1.29 is 9.53 Å². The number of rotatable bonds is 3. The number of fused-ring (bicyclic) bond motifs is 1. The fourth-order valence-electron chi connectivity index (χ4n) is 2.57. The van der Waals surface area contributed by atoms with Crippen LogP contribution in [0.25, 0.3) is 11.3 Å². The number of nitrogens with zero attached hydrogens (tertiary/aromatic N) is 2. The van der Waals surface area contributed by atoms with E-state index in [1.54, 1.807) is 18.6 Å². The van der Waals surface area contributed by atoms with Crippen molar-refractivity contribution in [3.05, 3.63) is 41.3 Å². The molecule has 1 amide bonds. The number of benzene rings is 1. The lowest BCUT2D eigenvalue weighted by Crippen LogP contribution is -2.40. The maximum atomic E-state index is 12.0. The van der Waals surface area contributed by atoms with Crippen LogP contribution in [0.3, 0.4) is 0 Å². The van der Waals surface area contributed by atoms with E-state index in [1.807, 2.05) is 32.9 Å². The molecule has 2 heterocycles. The van der Waals surface area contributed by atoms with E-state index >= 15 is 0 Å². The molecule has 1 unspecified atom stereocenters. The Morgan fingerprint density at radius 1 is 1.38 bits per heavy atom. The van der Waals surface area contributed by atoms with Crippen molar-refractivity contribution >= 4 is 17.5 Å². The van der Waals surface area contributed by atoms with Gasteiger partial charge < -0.3 is 10.1 Å². The smallest absolute Gasteiger partial charge is 0.225 e. The van der Waals surface area contributed by atoms with Gasteiger partial charge in [0.05, 0.1) is 23.5 Å². The van der Waals surface area contributed by atoms with E-state index in [0.717, 1.165) is 16.8 Å². The largest absolute Gasteiger partial charge is 0.486 e. The standard InChI is InChI=1S/C18H20ClN3O2/c1-18(2,3)17(23)22-9-13-7-12-6-11(8-14(19)16(12)24-13)15-10-20-4-5-21-15/h4-6,8,10,13H,7,9H2,1-3H3,(H,22,23). The molecule has 1 atom stereocenters. The minimum absolute atomic E-state index is 0.00778. The Balaban J connectivity index is 1.73. The number of carbonyl (C=O) groups excluding carboxylic acids is 1. The molecule has 1 aliphatic heterocycles. The Labute approximate surface area is 146 Å². The van der Waals surface area contributed by atoms with Crippen LogP contribution in [0, 0.1) is 5.41 Å². The van der Waals surface area contributed by atoms with Gasteiger partial charge >= 0.3 is 0 Å². The summed E-state index contributed by atoms with van der Waals surface area (Å²) < 4.78 is 5.91. The van der Waals surface area contributed by atoms with E-state index in [-0.39, 0.29) is 12.0 Å². The number of amides is 1. The Bertz CT molecular complexity index is 757. The van der Waals surface area contributed by atoms with Crippen LogP contribution in [0.2, 0.25) is 5.02 Å². The fraction of sp³-hybridized carbons (Fsp3) is 0.389. The molecule has 3 rings (SSSR count). The summed E-state index contributed by atoms with van der Waals surface area (Å²) in [6.07, 6.45) is 5.58. The van der Waals surface area contributed by atoms with Crippen LogP contribution >= 0.6 is 11.6 Å². The minimum atomic E-state index is -0.414. The number of ether oxygens (including phenoxy) is 1. The van der Waals surface area contributed by atoms with Crippen LogP contribution in [0.1, 0.15) is 26.3 Å². The molecule has 0 spiro atoms. The SMILES string of the molecule is CC(C)(C)C(=O)NCC1Cc2cc(-c3cnccn3)cc(Cl)c2O1. The van der Waals surface area contributed by atoms with Crippen LogP contribution < -0.4 is 10.1 Å². The second-order valence-electron chi connectivity index (χ2n) is 6.94. The summed E-state index contributed by atoms with van der Waals surface area (Å²) >= 11 is 6.36. The first kappa shape index (κ1) is 16.7. The van der Waals surface area contributed by atoms with Gasteiger partial charge in [0.2, 0.25) is 5.91 Å². The molecular weight excluding hydrogens is 326 g/mol. The van der Waals surface area contributed by atoms with Crippen molar-refractivity contribution in [2.45, 2.75) is 33.3 Å². The first-order valence-corrected chi connectivity index (χ1v) is 8.26. The lowest BCUT2D eigenvalue weighted by molar-refractivity contribution is -0.128. The highest BCUT2D eigenvalue weighted by Gasteiger charge is 2.28. The molecule has 1 aliphatic rings. The number of carbonyl (C=O) groups is 1. The van der Waals surface area contributed by atoms with Crippen LogP contribution in [0.4, 0.5) is 0 Å². The minimum Gasteiger partial charge on any atom is -0.486 e. The average Bonchev–Trinajstić information content (AvgIpc) is 2.96. The normalized spacial score (nSPS) is 16.4. The van der Waals surface area contributed by atoms with Gasteiger partial charge in [-0.05, 0) is 12.1 Å². The van der Waals surface area contributed by atoms with Crippen LogP contribution in [0.5, 0.6) is 5.75 Å². The Hall–Kier alpha value is -2.14. The van der Waals surface area contributed by atoms with Gasteiger partial charge in [0.1, 0.15) is 11.9 Å². The number of hydrogen-bond donors (Lipinski definition) is 1. The maximum Gasteiger partial charge on any atom is 0.225 e. The summed E-state index contributed by atoms with van der Waals surface area (Å²) in [6, 6.07) is 3.86. The van der Waals surface area contributed by atoms with E-state index < -0.39 is 5.41 Å². The van der Waals surface area contributed by atoms with Gasteiger partial charge in [0.25, 0.3) is 0 Å². The quantitative estimate of drug-likeness (QED) is 0.927. The van der Waals surface area contributed by atoms with E-state index in [0.29, 0.717) is 23.7 Å². The molecule has 1 aromatic carbocycles. The molecule has 0 bridgehead atoms. The Kier molecular flexibility index (Phi) is 4.45. The average molecular weight is 346 g/mol. The van der Waals surface area contributed by atoms with Gasteiger partial charge in [0, 0.05) is 35.4 Å². The first-order valence-electron chi connectivity index (χ1n) is 7.88. The molecule has 126 valence electrons. The predicted octanol–water partition coefficient (Wildman–Crippen LogP) is 3.26. The number of aromatic nitrogens is 2. The van der Waals surface area contributed by atoms with Gasteiger partial charge in [0.15, 0.2) is 0 Å². The van der Waals surface area contributed by atoms with Gasteiger partial charge in [-0.2, -0.15) is 0 Å². The molecule has 6 heteroatoms. The van der Waals surface area contributed by atoms with Gasteiger partial charge in [-0.3, -0.25) is 14.8 Å². The second kappa shape index (κ2) is 6.40. The zero-order chi connectivity index (χ0) is 17.3. The van der Waals surface area contributed by atoms with Gasteiger partial charge in [-0.25, -0.2) is 0 Å². The highest BCUT2D eigenvalue weighted by molar-refractivity contribution is 6.32. The molecule has 0 fully saturated rings. The third-order valence-corrected chi connectivity index (χ3v) is 4.16. The van der Waals surface area contributed by atoms with E-state index in [1.165, 1.54) is 0 Å². The second-order valence-corrected chi connectivity index (χ2v) is 7.35. The van der Waals surface area contributed by atoms with Crippen molar-refractivity contribution in [1.82, 2.24) is 15.3 Å². The third-order valence-electron chi connectivity index (χ3n) is 3.88. The van der Waals surface area contributed by atoms with Crippen molar-refractivity contribution in [1.29, 1.82) is 0 Å². The van der Waals surface area contributed by atoms with Gasteiger partial charge in [-0.15, -0.1) is 0 Å². The summed E-state index contributed by atoms with van der Waals surface area (Å²) in [5.74, 6) is 0.702. The summed E-state index contributed by atoms with van der Waals surface area (Å²) in [4.78, 5) is 20.4.